The van der Waals surface area contributed by atoms with Crippen molar-refractivity contribution in [2.24, 2.45) is 0 Å². The second kappa shape index (κ2) is 14.9. The molecule has 0 amide bonds. The van der Waals surface area contributed by atoms with Crippen molar-refractivity contribution < 1.29 is 9.47 Å². The summed E-state index contributed by atoms with van der Waals surface area (Å²) in [4.78, 5) is 15.4. The van der Waals surface area contributed by atoms with Gasteiger partial charge in [-0.05, 0) is 56.6 Å². The molecule has 0 saturated carbocycles. The van der Waals surface area contributed by atoms with Gasteiger partial charge in [-0.15, -0.1) is 0 Å². The first-order chi connectivity index (χ1) is 31.2. The van der Waals surface area contributed by atoms with Crippen molar-refractivity contribution in [1.82, 2.24) is 15.0 Å². The first kappa shape index (κ1) is 36.4. The zero-order valence-corrected chi connectivity index (χ0v) is 34.0. The minimum absolute atomic E-state index is 0.557. The van der Waals surface area contributed by atoms with Gasteiger partial charge >= 0.3 is 0 Å². The van der Waals surface area contributed by atoms with Gasteiger partial charge in [-0.25, -0.2) is 15.0 Å². The van der Waals surface area contributed by atoms with Crippen LogP contribution in [0.15, 0.2) is 224 Å². The Kier molecular flexibility index (Phi) is 8.64. The molecule has 2 aliphatic rings. The Morgan fingerprint density at radius 3 is 1.43 bits per heavy atom. The van der Waals surface area contributed by atoms with Crippen molar-refractivity contribution >= 4 is 0 Å². The Bertz CT molecular complexity index is 3280. The molecule has 1 aromatic heterocycles. The van der Waals surface area contributed by atoms with Crippen LogP contribution in [-0.2, 0) is 5.41 Å². The highest BCUT2D eigenvalue weighted by Crippen LogP contribution is 2.63. The summed E-state index contributed by atoms with van der Waals surface area (Å²) in [5, 5.41) is 0. The average molecular weight is 808 g/mol. The van der Waals surface area contributed by atoms with Crippen LogP contribution in [-0.4, -0.2) is 15.0 Å². The van der Waals surface area contributed by atoms with Gasteiger partial charge in [-0.2, -0.15) is 0 Å². The largest absolute Gasteiger partial charge is 0.449 e. The summed E-state index contributed by atoms with van der Waals surface area (Å²) in [6.07, 6.45) is 0. The molecule has 63 heavy (non-hydrogen) atoms. The van der Waals surface area contributed by atoms with Crippen LogP contribution in [0, 0.1) is 0 Å². The van der Waals surface area contributed by atoms with Crippen LogP contribution < -0.4 is 9.47 Å². The van der Waals surface area contributed by atoms with E-state index in [-0.39, 0.29) is 0 Å². The van der Waals surface area contributed by atoms with E-state index in [0.717, 1.165) is 55.6 Å². The van der Waals surface area contributed by atoms with Crippen LogP contribution in [0.1, 0.15) is 22.3 Å². The number of fused-ring (bicyclic) bond motifs is 6. The van der Waals surface area contributed by atoms with E-state index in [9.17, 15) is 0 Å². The number of nitrogens with zero attached hydrogens (tertiary/aromatic N) is 3. The van der Waals surface area contributed by atoms with E-state index in [1.807, 2.05) is 60.7 Å². The fourth-order valence-corrected chi connectivity index (χ4v) is 9.49. The van der Waals surface area contributed by atoms with Gasteiger partial charge in [-0.3, -0.25) is 0 Å². The zero-order valence-electron chi connectivity index (χ0n) is 34.0. The molecule has 0 bridgehead atoms. The van der Waals surface area contributed by atoms with Crippen LogP contribution in [0.25, 0.3) is 67.5 Å². The summed E-state index contributed by atoms with van der Waals surface area (Å²) in [6.45, 7) is 0. The van der Waals surface area contributed by atoms with E-state index in [1.54, 1.807) is 0 Å². The molecule has 12 rings (SSSR count). The quantitative estimate of drug-likeness (QED) is 0.161. The lowest BCUT2D eigenvalue weighted by Gasteiger charge is -2.34. The van der Waals surface area contributed by atoms with Crippen LogP contribution in [0.2, 0.25) is 0 Å². The first-order valence-corrected chi connectivity index (χ1v) is 21.2. The van der Waals surface area contributed by atoms with E-state index in [2.05, 4.69) is 164 Å². The smallest absolute Gasteiger partial charge is 0.178 e. The van der Waals surface area contributed by atoms with Crippen molar-refractivity contribution in [3.05, 3.63) is 247 Å². The summed E-state index contributed by atoms with van der Waals surface area (Å²) in [7, 11) is 0. The number of hydrogen-bond acceptors (Lipinski definition) is 5. The summed E-state index contributed by atoms with van der Waals surface area (Å²) < 4.78 is 14.1. The molecule has 2 heterocycles. The summed E-state index contributed by atoms with van der Waals surface area (Å²) >= 11 is 0. The third-order valence-corrected chi connectivity index (χ3v) is 12.3. The highest BCUT2D eigenvalue weighted by Gasteiger charge is 2.48. The molecule has 0 spiro atoms. The van der Waals surface area contributed by atoms with Crippen molar-refractivity contribution in [2.75, 3.05) is 0 Å². The number of para-hydroxylation sites is 1. The number of hydrogen-bond donors (Lipinski definition) is 0. The number of benzene rings is 9. The van der Waals surface area contributed by atoms with Crippen molar-refractivity contribution in [2.45, 2.75) is 5.41 Å². The van der Waals surface area contributed by atoms with Crippen molar-refractivity contribution in [3.63, 3.8) is 0 Å². The molecular weight excluding hydrogens is 771 g/mol. The molecular formula is C58H37N3O2. The Hall–Kier alpha value is -8.41. The Morgan fingerprint density at radius 2 is 0.762 bits per heavy atom. The molecule has 296 valence electrons. The van der Waals surface area contributed by atoms with E-state index in [1.165, 1.54) is 16.7 Å². The van der Waals surface area contributed by atoms with Gasteiger partial charge in [0.25, 0.3) is 0 Å². The fraction of sp³-hybridized carbons (Fsp3) is 0.0172. The van der Waals surface area contributed by atoms with Gasteiger partial charge < -0.3 is 9.47 Å². The lowest BCUT2D eigenvalue weighted by molar-refractivity contribution is 0.361. The normalized spacial score (nSPS) is 12.8. The molecule has 0 atom stereocenters. The molecule has 1 aliphatic heterocycles. The summed E-state index contributed by atoms with van der Waals surface area (Å²) in [5.41, 5.74) is 13.0. The Labute approximate surface area is 365 Å². The molecule has 1 aliphatic carbocycles. The zero-order chi connectivity index (χ0) is 41.7. The molecule has 0 radical (unpaired) electrons. The minimum atomic E-state index is -0.575. The number of aromatic nitrogens is 3. The predicted octanol–water partition coefficient (Wildman–Crippen LogP) is 14.5. The van der Waals surface area contributed by atoms with E-state index in [4.69, 9.17) is 24.4 Å². The van der Waals surface area contributed by atoms with E-state index >= 15 is 0 Å². The molecule has 0 unspecified atom stereocenters. The van der Waals surface area contributed by atoms with E-state index in [0.29, 0.717) is 40.5 Å². The highest BCUT2D eigenvalue weighted by molar-refractivity contribution is 5.93. The molecule has 9 aromatic carbocycles. The maximum Gasteiger partial charge on any atom is 0.178 e. The molecule has 5 nitrogen and oxygen atoms in total. The van der Waals surface area contributed by atoms with Crippen molar-refractivity contribution in [1.29, 1.82) is 0 Å². The molecule has 0 fully saturated rings. The second-order valence-electron chi connectivity index (χ2n) is 15.8. The maximum atomic E-state index is 7.27. The summed E-state index contributed by atoms with van der Waals surface area (Å²) in [5.74, 6) is 4.38. The monoisotopic (exact) mass is 807 g/mol. The number of ether oxygens (including phenoxy) is 2. The highest BCUT2D eigenvalue weighted by atomic mass is 16.6. The molecule has 10 aromatic rings. The lowest BCUT2D eigenvalue weighted by atomic mass is 9.68. The van der Waals surface area contributed by atoms with Gasteiger partial charge in [0.05, 0.1) is 5.41 Å². The summed E-state index contributed by atoms with van der Waals surface area (Å²) in [6, 6.07) is 77.7. The molecule has 0 saturated heterocycles. The fourth-order valence-electron chi connectivity index (χ4n) is 9.49. The van der Waals surface area contributed by atoms with Crippen LogP contribution in [0.5, 0.6) is 23.0 Å². The topological polar surface area (TPSA) is 57.1 Å². The van der Waals surface area contributed by atoms with Gasteiger partial charge in [0.15, 0.2) is 40.5 Å². The second-order valence-corrected chi connectivity index (χ2v) is 15.8. The average Bonchev–Trinajstić information content (AvgIpc) is 3.68. The Balaban J connectivity index is 1.01. The lowest BCUT2D eigenvalue weighted by Crippen LogP contribution is -2.28. The third kappa shape index (κ3) is 5.97. The molecule has 5 heteroatoms. The van der Waals surface area contributed by atoms with Gasteiger partial charge in [0.2, 0.25) is 0 Å². The minimum Gasteiger partial charge on any atom is -0.449 e. The van der Waals surface area contributed by atoms with Gasteiger partial charge in [-0.1, -0.05) is 212 Å². The SMILES string of the molecule is c1ccc(-c2ccc(-c3nc(-c4ccccc4)nc(-c4ccccc4-c4cccc5c4Oc4c(ccc6c4-c4ccccc4C6(c4ccccc4)c4ccccc4)O5)n3)cc2)cc1. The van der Waals surface area contributed by atoms with Crippen LogP contribution >= 0.6 is 0 Å². The third-order valence-electron chi connectivity index (χ3n) is 12.3. The molecule has 0 N–H and O–H groups in total. The maximum absolute atomic E-state index is 7.27. The van der Waals surface area contributed by atoms with Crippen LogP contribution in [0.4, 0.5) is 0 Å². The van der Waals surface area contributed by atoms with Crippen LogP contribution in [0.3, 0.4) is 0 Å². The predicted molar refractivity (Wildman–Crippen MR) is 251 cm³/mol. The number of rotatable bonds is 7. The first-order valence-electron chi connectivity index (χ1n) is 21.2. The van der Waals surface area contributed by atoms with Crippen molar-refractivity contribution in [3.8, 4) is 90.5 Å². The van der Waals surface area contributed by atoms with Gasteiger partial charge in [0.1, 0.15) is 0 Å². The standard InChI is InChI=1S/C58H37N3O2/c1-5-18-38(19-6-1)39-32-34-41(35-33-39)56-59-55(40-20-7-2-8-21-40)60-57(61-56)46-27-14-13-26-44(46)45-29-17-31-50-53(45)63-54-51(62-50)37-36-49-52(54)47-28-15-16-30-48(47)58(49,42-22-9-3-10-23-42)43-24-11-4-12-25-43/h1-37H. The Morgan fingerprint density at radius 1 is 0.286 bits per heavy atom. The van der Waals surface area contributed by atoms with E-state index < -0.39 is 5.41 Å². The van der Waals surface area contributed by atoms with Gasteiger partial charge in [0, 0.05) is 27.8 Å².